The van der Waals surface area contributed by atoms with Crippen molar-refractivity contribution in [3.05, 3.63) is 109 Å². The Labute approximate surface area is 348 Å². The number of fused-ring (bicyclic) bond motifs is 9. The molecule has 0 atom stereocenters. The minimum atomic E-state index is 0.0656. The van der Waals surface area contributed by atoms with Crippen molar-refractivity contribution >= 4 is 172 Å². The smallest absolute Gasteiger partial charge is 0.238 e. The maximum atomic E-state index is 6.91. The van der Waals surface area contributed by atoms with Crippen LogP contribution in [0.1, 0.15) is 0 Å². The fourth-order valence-electron chi connectivity index (χ4n) is 8.38. The number of rotatable bonds is 4. The molecule has 0 saturated carbocycles. The third kappa shape index (κ3) is 5.02. The quantitative estimate of drug-likeness (QED) is 0.260. The van der Waals surface area contributed by atoms with Crippen LogP contribution in [0.5, 0.6) is 0 Å². The third-order valence-electron chi connectivity index (χ3n) is 11.3. The molecule has 0 N–H and O–H groups in total. The molecule has 11 aromatic rings. The van der Waals surface area contributed by atoms with Crippen molar-refractivity contribution in [2.45, 2.75) is 0 Å². The van der Waals surface area contributed by atoms with Crippen molar-refractivity contribution in [3.63, 3.8) is 0 Å². The fraction of sp³-hybridized carbons (Fsp3) is 0. The summed E-state index contributed by atoms with van der Waals surface area (Å²) in [7, 11) is 52.7. The summed E-state index contributed by atoms with van der Waals surface area (Å²) in [5.74, 6) is 0.750. The van der Waals surface area contributed by atoms with Gasteiger partial charge in [-0.1, -0.05) is 119 Å². The SMILES string of the molecule is [B]c1c([B])c([B])c2c(c1[B])c1c([B])c([B])c([B])c([B])c1n2-c1nc(-c2ccccc2)nc(-c2cccc3c2oc2c(-c4cccc5c4oc4ccccc45)cccc23)n1. The predicted molar refractivity (Wildman–Crippen MR) is 248 cm³/mol. The summed E-state index contributed by atoms with van der Waals surface area (Å²) in [5, 5.41) is 4.56. The standard InChI is InChI=1S/C45H18B8N4O2/c46-30-28-29-31(47)33(49)35(51)37(53)39(29)57(38(28)36(52)34(50)32(30)48)45-55-43(19-9-2-1-3-10-19)54-44(56-45)26-17-8-16-25-24-15-7-14-23(41(24)59-42(25)26)22-13-6-12-21-20-11-4-5-18-27(20)58-40(21)22/h1-18H. The van der Waals surface area contributed by atoms with E-state index >= 15 is 0 Å². The van der Waals surface area contributed by atoms with Crippen LogP contribution in [-0.4, -0.2) is 82.3 Å². The second-order valence-corrected chi connectivity index (χ2v) is 14.5. The van der Waals surface area contributed by atoms with E-state index in [4.69, 9.17) is 86.6 Å². The first kappa shape index (κ1) is 35.6. The maximum absolute atomic E-state index is 6.91. The van der Waals surface area contributed by atoms with E-state index in [0.717, 1.165) is 43.8 Å². The van der Waals surface area contributed by atoms with Crippen LogP contribution in [0.3, 0.4) is 0 Å². The number of benzene rings is 7. The van der Waals surface area contributed by atoms with Gasteiger partial charge in [0, 0.05) is 49.3 Å². The molecular weight excluding hydrogens is 715 g/mol. The average molecular weight is 733 g/mol. The van der Waals surface area contributed by atoms with Crippen LogP contribution in [-0.2, 0) is 0 Å². The lowest BCUT2D eigenvalue weighted by Crippen LogP contribution is -2.49. The Hall–Kier alpha value is -6.53. The van der Waals surface area contributed by atoms with Gasteiger partial charge in [0.1, 0.15) is 85.1 Å². The van der Waals surface area contributed by atoms with E-state index in [1.54, 1.807) is 4.57 Å². The summed E-state index contributed by atoms with van der Waals surface area (Å²) in [6.45, 7) is 0. The molecule has 59 heavy (non-hydrogen) atoms. The first-order valence-corrected chi connectivity index (χ1v) is 18.6. The number of hydrogen-bond acceptors (Lipinski definition) is 5. The molecule has 11 rings (SSSR count). The number of aromatic nitrogens is 4. The van der Waals surface area contributed by atoms with Gasteiger partial charge in [-0.3, -0.25) is 4.57 Å². The Morgan fingerprint density at radius 1 is 0.373 bits per heavy atom. The minimum absolute atomic E-state index is 0.0656. The number of hydrogen-bond donors (Lipinski definition) is 0. The van der Waals surface area contributed by atoms with Crippen LogP contribution < -0.4 is 43.7 Å². The zero-order valence-electron chi connectivity index (χ0n) is 31.1. The van der Waals surface area contributed by atoms with Gasteiger partial charge in [-0.25, -0.2) is 4.98 Å². The van der Waals surface area contributed by atoms with Crippen molar-refractivity contribution in [2.24, 2.45) is 0 Å². The third-order valence-corrected chi connectivity index (χ3v) is 11.3. The van der Waals surface area contributed by atoms with Gasteiger partial charge in [0.2, 0.25) is 5.95 Å². The van der Waals surface area contributed by atoms with Gasteiger partial charge in [0.05, 0.1) is 5.56 Å². The van der Waals surface area contributed by atoms with Gasteiger partial charge in [0.15, 0.2) is 11.6 Å². The molecule has 0 saturated heterocycles. The minimum Gasteiger partial charge on any atom is -0.455 e. The summed E-state index contributed by atoms with van der Waals surface area (Å²) in [4.78, 5) is 15.2. The lowest BCUT2D eigenvalue weighted by molar-refractivity contribution is 0.665. The van der Waals surface area contributed by atoms with E-state index in [0.29, 0.717) is 55.7 Å². The van der Waals surface area contributed by atoms with Crippen molar-refractivity contribution in [3.8, 4) is 39.9 Å². The van der Waals surface area contributed by atoms with Gasteiger partial charge < -0.3 is 8.83 Å². The average Bonchev–Trinajstić information content (AvgIpc) is 3.97. The summed E-state index contributed by atoms with van der Waals surface area (Å²) in [5.41, 5.74) is 7.29. The fourth-order valence-corrected chi connectivity index (χ4v) is 8.38. The van der Waals surface area contributed by atoms with Crippen molar-refractivity contribution in [1.82, 2.24) is 19.5 Å². The highest BCUT2D eigenvalue weighted by atomic mass is 16.3. The zero-order valence-corrected chi connectivity index (χ0v) is 31.1. The topological polar surface area (TPSA) is 69.9 Å². The molecule has 0 aliphatic carbocycles. The van der Waals surface area contributed by atoms with E-state index in [9.17, 15) is 0 Å². The molecule has 0 aliphatic heterocycles. The maximum Gasteiger partial charge on any atom is 0.238 e. The summed E-state index contributed by atoms with van der Waals surface area (Å²) in [6.07, 6.45) is 0. The monoisotopic (exact) mass is 734 g/mol. The Morgan fingerprint density at radius 3 is 1.44 bits per heavy atom. The van der Waals surface area contributed by atoms with Crippen molar-refractivity contribution in [2.75, 3.05) is 0 Å². The molecule has 16 radical (unpaired) electrons. The Bertz CT molecular complexity index is 3540. The van der Waals surface area contributed by atoms with Gasteiger partial charge in [-0.2, -0.15) is 9.97 Å². The highest BCUT2D eigenvalue weighted by Gasteiger charge is 2.26. The molecule has 0 bridgehead atoms. The molecule has 14 heteroatoms. The first-order valence-electron chi connectivity index (χ1n) is 18.6. The van der Waals surface area contributed by atoms with Crippen LogP contribution in [0.15, 0.2) is 118 Å². The molecular formula is C45H18B8N4O2. The molecule has 0 aliphatic rings. The molecule has 0 unspecified atom stereocenters. The normalized spacial score (nSPS) is 11.9. The second-order valence-electron chi connectivity index (χ2n) is 14.5. The Kier molecular flexibility index (Phi) is 7.84. The number of para-hydroxylation sites is 4. The summed E-state index contributed by atoms with van der Waals surface area (Å²) < 4.78 is 15.0. The van der Waals surface area contributed by atoms with Crippen molar-refractivity contribution < 1.29 is 8.83 Å². The lowest BCUT2D eigenvalue weighted by atomic mass is 9.63. The van der Waals surface area contributed by atoms with Crippen LogP contribution in [0.4, 0.5) is 0 Å². The number of furan rings is 2. The van der Waals surface area contributed by atoms with Crippen LogP contribution in [0.2, 0.25) is 0 Å². The van der Waals surface area contributed by atoms with Crippen LogP contribution >= 0.6 is 0 Å². The van der Waals surface area contributed by atoms with E-state index < -0.39 is 0 Å². The molecule has 0 spiro atoms. The molecule has 0 amide bonds. The van der Waals surface area contributed by atoms with Gasteiger partial charge in [-0.15, -0.1) is 21.9 Å². The summed E-state index contributed by atoms with van der Waals surface area (Å²) >= 11 is 0. The van der Waals surface area contributed by atoms with E-state index in [1.807, 2.05) is 97.1 Å². The highest BCUT2D eigenvalue weighted by molar-refractivity contribution is 6.71. The van der Waals surface area contributed by atoms with E-state index in [2.05, 4.69) is 12.1 Å². The van der Waals surface area contributed by atoms with Gasteiger partial charge in [0.25, 0.3) is 0 Å². The van der Waals surface area contributed by atoms with Gasteiger partial charge >= 0.3 is 0 Å². The van der Waals surface area contributed by atoms with Crippen LogP contribution in [0, 0.1) is 0 Å². The zero-order chi connectivity index (χ0) is 40.4. The molecule has 6 nitrogen and oxygen atoms in total. The molecule has 7 aromatic carbocycles. The lowest BCUT2D eigenvalue weighted by Gasteiger charge is -2.17. The highest BCUT2D eigenvalue weighted by Crippen LogP contribution is 2.43. The number of nitrogens with zero attached hydrogens (tertiary/aromatic N) is 4. The largest absolute Gasteiger partial charge is 0.455 e. The van der Waals surface area contributed by atoms with E-state index in [1.165, 1.54) is 0 Å². The Morgan fingerprint density at radius 2 is 0.831 bits per heavy atom. The van der Waals surface area contributed by atoms with Crippen molar-refractivity contribution in [1.29, 1.82) is 0 Å². The molecule has 4 aromatic heterocycles. The molecule has 4 heterocycles. The summed E-state index contributed by atoms with van der Waals surface area (Å²) in [6, 6.07) is 35.6. The molecule has 254 valence electrons. The predicted octanol–water partition coefficient (Wildman–Crippen LogP) is 2.12. The second kappa shape index (κ2) is 13.0. The van der Waals surface area contributed by atoms with Gasteiger partial charge in [-0.05, 0) is 22.9 Å². The Balaban J connectivity index is 1.22. The molecule has 0 fully saturated rings. The first-order chi connectivity index (χ1) is 28.6. The van der Waals surface area contributed by atoms with E-state index in [-0.39, 0.29) is 49.7 Å². The van der Waals surface area contributed by atoms with Crippen LogP contribution in [0.25, 0.3) is 106 Å².